The Hall–Kier alpha value is -3.30. The number of aromatic nitrogens is 8. The Morgan fingerprint density at radius 1 is 0.963 bits per heavy atom. The molecule has 5 heterocycles. The second-order valence-corrected chi connectivity index (χ2v) is 6.54. The normalized spacial score (nSPS) is 15.6. The molecule has 0 radical (unpaired) electrons. The van der Waals surface area contributed by atoms with Gasteiger partial charge in [0.2, 0.25) is 5.65 Å². The highest BCUT2D eigenvalue weighted by atomic mass is 15.3. The number of nitrogens with one attached hydrogen (secondary N) is 1. The number of aryl methyl sites for hydroxylation is 1. The Bertz CT molecular complexity index is 1080. The molecule has 0 spiro atoms. The average Bonchev–Trinajstić information content (AvgIpc) is 3.28. The van der Waals surface area contributed by atoms with Crippen LogP contribution in [0.15, 0.2) is 25.0 Å². The van der Waals surface area contributed by atoms with E-state index in [0.29, 0.717) is 5.65 Å². The molecule has 4 aromatic heterocycles. The Morgan fingerprint density at radius 2 is 1.81 bits per heavy atom. The fraction of sp³-hybridized carbons (Fsp3) is 0.412. The third-order valence-electron chi connectivity index (χ3n) is 4.99. The van der Waals surface area contributed by atoms with Crippen LogP contribution in [0.5, 0.6) is 0 Å². The van der Waals surface area contributed by atoms with Gasteiger partial charge < -0.3 is 14.8 Å². The first kappa shape index (κ1) is 15.9. The molecule has 0 atom stereocenters. The van der Waals surface area contributed by atoms with E-state index in [1.165, 1.54) is 0 Å². The third-order valence-corrected chi connectivity index (χ3v) is 4.99. The van der Waals surface area contributed by atoms with E-state index in [2.05, 4.69) is 51.8 Å². The van der Waals surface area contributed by atoms with Crippen LogP contribution in [0.4, 0.5) is 11.6 Å². The zero-order valence-corrected chi connectivity index (χ0v) is 15.1. The van der Waals surface area contributed by atoms with Gasteiger partial charge in [0, 0.05) is 45.0 Å². The van der Waals surface area contributed by atoms with Crippen LogP contribution in [0, 0.1) is 0 Å². The van der Waals surface area contributed by atoms with E-state index in [4.69, 9.17) is 0 Å². The van der Waals surface area contributed by atoms with Gasteiger partial charge in [-0.3, -0.25) is 4.40 Å². The molecule has 10 nitrogen and oxygen atoms in total. The molecule has 0 aromatic carbocycles. The molecule has 0 saturated carbocycles. The Morgan fingerprint density at radius 3 is 2.67 bits per heavy atom. The Labute approximate surface area is 155 Å². The van der Waals surface area contributed by atoms with Crippen LogP contribution >= 0.6 is 0 Å². The van der Waals surface area contributed by atoms with Gasteiger partial charge >= 0.3 is 0 Å². The van der Waals surface area contributed by atoms with Crippen LogP contribution in [-0.4, -0.2) is 65.7 Å². The summed E-state index contributed by atoms with van der Waals surface area (Å²) in [6.07, 6.45) is 8.83. The second kappa shape index (κ2) is 6.45. The molecule has 138 valence electrons. The number of anilines is 2. The number of rotatable bonds is 3. The number of fused-ring (bicyclic) bond motifs is 2. The molecule has 1 aliphatic heterocycles. The standard InChI is InChI=1S/C17H20N10/c1-2-12-23-24-17-16(18-4-7-27(12)17)26-6-3-5-25(8-9-26)15-13-14(20-10-19-13)21-11-22-15/h4,7,10-11H,2-3,5-6,8-9H2,1H3,(H,19,20,21,22). The van der Waals surface area contributed by atoms with Gasteiger partial charge in [0.05, 0.1) is 6.33 Å². The van der Waals surface area contributed by atoms with Crippen molar-refractivity contribution in [3.63, 3.8) is 0 Å². The molecule has 0 aliphatic carbocycles. The summed E-state index contributed by atoms with van der Waals surface area (Å²) in [6.45, 7) is 5.58. The zero-order chi connectivity index (χ0) is 18.2. The summed E-state index contributed by atoms with van der Waals surface area (Å²) in [5, 5.41) is 8.66. The highest BCUT2D eigenvalue weighted by Crippen LogP contribution is 2.24. The van der Waals surface area contributed by atoms with Gasteiger partial charge in [-0.15, -0.1) is 10.2 Å². The van der Waals surface area contributed by atoms with Gasteiger partial charge in [0.1, 0.15) is 17.7 Å². The van der Waals surface area contributed by atoms with Crippen molar-refractivity contribution in [1.82, 2.24) is 39.5 Å². The summed E-state index contributed by atoms with van der Waals surface area (Å²) in [5.74, 6) is 2.75. The van der Waals surface area contributed by atoms with E-state index in [1.54, 1.807) is 12.7 Å². The summed E-state index contributed by atoms with van der Waals surface area (Å²) < 4.78 is 2.03. The average molecular weight is 364 g/mol. The van der Waals surface area contributed by atoms with E-state index in [0.717, 1.165) is 67.6 Å². The fourth-order valence-electron chi connectivity index (χ4n) is 3.66. The topological polar surface area (TPSA) is 104 Å². The van der Waals surface area contributed by atoms with E-state index in [-0.39, 0.29) is 0 Å². The summed E-state index contributed by atoms with van der Waals surface area (Å²) in [4.78, 5) is 25.3. The maximum Gasteiger partial charge on any atom is 0.203 e. The lowest BCUT2D eigenvalue weighted by Gasteiger charge is -2.23. The van der Waals surface area contributed by atoms with Crippen molar-refractivity contribution in [1.29, 1.82) is 0 Å². The molecule has 1 fully saturated rings. The zero-order valence-electron chi connectivity index (χ0n) is 15.1. The van der Waals surface area contributed by atoms with E-state index in [1.807, 2.05) is 16.8 Å². The first-order valence-electron chi connectivity index (χ1n) is 9.17. The molecule has 5 rings (SSSR count). The van der Waals surface area contributed by atoms with Gasteiger partial charge in [0.15, 0.2) is 17.3 Å². The van der Waals surface area contributed by atoms with Crippen molar-refractivity contribution in [3.05, 3.63) is 30.9 Å². The predicted octanol–water partition coefficient (Wildman–Crippen LogP) is 1.07. The summed E-state index contributed by atoms with van der Waals surface area (Å²) in [7, 11) is 0. The largest absolute Gasteiger partial charge is 0.353 e. The van der Waals surface area contributed by atoms with Crippen LogP contribution in [0.3, 0.4) is 0 Å². The third kappa shape index (κ3) is 2.64. The molecule has 27 heavy (non-hydrogen) atoms. The van der Waals surface area contributed by atoms with E-state index >= 15 is 0 Å². The van der Waals surface area contributed by atoms with E-state index in [9.17, 15) is 0 Å². The van der Waals surface area contributed by atoms with Crippen LogP contribution in [0.2, 0.25) is 0 Å². The minimum atomic E-state index is 0.697. The van der Waals surface area contributed by atoms with Gasteiger partial charge in [-0.2, -0.15) is 0 Å². The molecular weight excluding hydrogens is 344 g/mol. The van der Waals surface area contributed by atoms with Crippen molar-refractivity contribution in [3.8, 4) is 0 Å². The lowest BCUT2D eigenvalue weighted by Crippen LogP contribution is -2.32. The Kier molecular flexibility index (Phi) is 3.80. The number of hydrogen-bond acceptors (Lipinski definition) is 8. The number of imidazole rings is 1. The van der Waals surface area contributed by atoms with Crippen LogP contribution in [0.1, 0.15) is 19.2 Å². The molecule has 1 aliphatic rings. The van der Waals surface area contributed by atoms with E-state index < -0.39 is 0 Å². The predicted molar refractivity (Wildman–Crippen MR) is 101 cm³/mol. The molecule has 0 unspecified atom stereocenters. The summed E-state index contributed by atoms with van der Waals surface area (Å²) in [6, 6.07) is 0. The first-order valence-corrected chi connectivity index (χ1v) is 9.17. The number of nitrogens with zero attached hydrogens (tertiary/aromatic N) is 9. The van der Waals surface area contributed by atoms with Crippen molar-refractivity contribution < 1.29 is 0 Å². The number of hydrogen-bond donors (Lipinski definition) is 1. The van der Waals surface area contributed by atoms with Crippen molar-refractivity contribution in [2.24, 2.45) is 0 Å². The molecule has 1 N–H and O–H groups in total. The van der Waals surface area contributed by atoms with Crippen molar-refractivity contribution in [2.45, 2.75) is 19.8 Å². The molecule has 0 amide bonds. The first-order chi connectivity index (χ1) is 13.3. The summed E-state index contributed by atoms with van der Waals surface area (Å²) >= 11 is 0. The lowest BCUT2D eigenvalue weighted by atomic mass is 10.3. The smallest absolute Gasteiger partial charge is 0.203 e. The number of aromatic amines is 1. The second-order valence-electron chi connectivity index (χ2n) is 6.54. The van der Waals surface area contributed by atoms with Crippen LogP contribution < -0.4 is 9.80 Å². The molecule has 0 bridgehead atoms. The maximum atomic E-state index is 4.60. The van der Waals surface area contributed by atoms with Gasteiger partial charge in [0.25, 0.3) is 0 Å². The van der Waals surface area contributed by atoms with Crippen molar-refractivity contribution in [2.75, 3.05) is 36.0 Å². The van der Waals surface area contributed by atoms with Crippen LogP contribution in [-0.2, 0) is 6.42 Å². The minimum Gasteiger partial charge on any atom is -0.353 e. The molecule has 10 heteroatoms. The number of H-pyrrole nitrogens is 1. The monoisotopic (exact) mass is 364 g/mol. The minimum absolute atomic E-state index is 0.697. The molecule has 4 aromatic rings. The molecular formula is C17H20N10. The van der Waals surface area contributed by atoms with Gasteiger partial charge in [-0.25, -0.2) is 19.9 Å². The quantitative estimate of drug-likeness (QED) is 0.576. The Balaban J connectivity index is 1.44. The molecule has 1 saturated heterocycles. The highest BCUT2D eigenvalue weighted by molar-refractivity contribution is 5.82. The van der Waals surface area contributed by atoms with Crippen molar-refractivity contribution >= 4 is 28.4 Å². The highest BCUT2D eigenvalue weighted by Gasteiger charge is 2.22. The van der Waals surface area contributed by atoms with Crippen LogP contribution in [0.25, 0.3) is 16.8 Å². The summed E-state index contributed by atoms with van der Waals surface area (Å²) in [5.41, 5.74) is 2.40. The van der Waals surface area contributed by atoms with Gasteiger partial charge in [-0.05, 0) is 6.42 Å². The van der Waals surface area contributed by atoms with Gasteiger partial charge in [-0.1, -0.05) is 6.92 Å². The maximum absolute atomic E-state index is 4.60. The SMILES string of the molecule is CCc1nnc2c(N3CCCN(c4ncnc5nc[nH]c45)CC3)nccn12. The fourth-order valence-corrected chi connectivity index (χ4v) is 3.66. The lowest BCUT2D eigenvalue weighted by molar-refractivity contribution is 0.793.